The molecule has 1 unspecified atom stereocenters. The van der Waals surface area contributed by atoms with Crippen molar-refractivity contribution < 1.29 is 13.6 Å². The highest BCUT2D eigenvalue weighted by atomic mass is 19.3. The van der Waals surface area contributed by atoms with Crippen molar-refractivity contribution in [2.24, 2.45) is 0 Å². The van der Waals surface area contributed by atoms with Gasteiger partial charge < -0.3 is 10.6 Å². The van der Waals surface area contributed by atoms with E-state index in [1.807, 2.05) is 0 Å². The molecule has 0 fully saturated rings. The van der Waals surface area contributed by atoms with Crippen LogP contribution < -0.4 is 10.6 Å². The summed E-state index contributed by atoms with van der Waals surface area (Å²) in [7, 11) is 0. The maximum atomic E-state index is 12.3. The monoisotopic (exact) mass is 254 g/mol. The van der Waals surface area contributed by atoms with Crippen LogP contribution in [0.25, 0.3) is 0 Å². The van der Waals surface area contributed by atoms with E-state index in [0.29, 0.717) is 17.8 Å². The summed E-state index contributed by atoms with van der Waals surface area (Å²) in [6, 6.07) is 5.44. The molecule has 0 aromatic heterocycles. The largest absolute Gasteiger partial charge is 0.377 e. The highest BCUT2D eigenvalue weighted by Gasteiger charge is 2.13. The van der Waals surface area contributed by atoms with E-state index in [2.05, 4.69) is 17.2 Å². The van der Waals surface area contributed by atoms with E-state index in [9.17, 15) is 13.6 Å². The Balaban J connectivity index is 2.62. The number of amides is 1. The first-order chi connectivity index (χ1) is 8.54. The normalized spacial score (nSPS) is 12.0. The highest BCUT2D eigenvalue weighted by molar-refractivity contribution is 5.94. The van der Waals surface area contributed by atoms with Crippen LogP contribution in [0.2, 0.25) is 0 Å². The maximum Gasteiger partial charge on any atom is 0.258 e. The van der Waals surface area contributed by atoms with Gasteiger partial charge in [0.15, 0.2) is 0 Å². The Morgan fingerprint density at radius 3 is 2.50 bits per heavy atom. The van der Waals surface area contributed by atoms with Gasteiger partial charge in [0.2, 0.25) is 0 Å². The van der Waals surface area contributed by atoms with Gasteiger partial charge in [0.1, 0.15) is 0 Å². The molecular formula is C13H16F2N2O. The Labute approximate surface area is 105 Å². The molecular weight excluding hydrogens is 238 g/mol. The minimum absolute atomic E-state index is 0.219. The van der Waals surface area contributed by atoms with Crippen molar-refractivity contribution in [3.05, 3.63) is 42.5 Å². The lowest BCUT2D eigenvalue weighted by molar-refractivity contribution is 0.0958. The minimum atomic E-state index is -2.43. The molecule has 0 saturated heterocycles. The maximum absolute atomic E-state index is 12.3. The SMILES string of the molecule is C=CCNC(=O)c1ccc(NC(C)C(F)F)cc1. The molecule has 3 nitrogen and oxygen atoms in total. The zero-order valence-corrected chi connectivity index (χ0v) is 10.1. The molecule has 1 rings (SSSR count). The standard InChI is InChI=1S/C13H16F2N2O/c1-3-8-16-13(18)10-4-6-11(7-5-10)17-9(2)12(14)15/h3-7,9,12,17H,1,8H2,2H3,(H,16,18). The fourth-order valence-corrected chi connectivity index (χ4v) is 1.31. The van der Waals surface area contributed by atoms with Crippen LogP contribution in [0.4, 0.5) is 14.5 Å². The molecule has 5 heteroatoms. The van der Waals surface area contributed by atoms with E-state index in [0.717, 1.165) is 0 Å². The molecule has 98 valence electrons. The Kier molecular flexibility index (Phi) is 5.30. The lowest BCUT2D eigenvalue weighted by atomic mass is 10.2. The number of alkyl halides is 2. The molecule has 0 aliphatic heterocycles. The summed E-state index contributed by atoms with van der Waals surface area (Å²) in [5.74, 6) is -0.219. The van der Waals surface area contributed by atoms with E-state index >= 15 is 0 Å². The number of hydrogen-bond acceptors (Lipinski definition) is 2. The Bertz CT molecular complexity index is 404. The summed E-state index contributed by atoms with van der Waals surface area (Å²) in [5.41, 5.74) is 1.04. The number of rotatable bonds is 6. The van der Waals surface area contributed by atoms with E-state index < -0.39 is 12.5 Å². The lowest BCUT2D eigenvalue weighted by Crippen LogP contribution is -2.24. The van der Waals surface area contributed by atoms with Gasteiger partial charge in [-0.3, -0.25) is 4.79 Å². The van der Waals surface area contributed by atoms with Crippen LogP contribution >= 0.6 is 0 Å². The molecule has 18 heavy (non-hydrogen) atoms. The number of anilines is 1. The van der Waals surface area contributed by atoms with Crippen molar-refractivity contribution in [1.29, 1.82) is 0 Å². The summed E-state index contributed by atoms with van der Waals surface area (Å²) in [6.07, 6.45) is -0.849. The third kappa shape index (κ3) is 4.16. The first-order valence-electron chi connectivity index (χ1n) is 5.58. The van der Waals surface area contributed by atoms with Gasteiger partial charge in [-0.15, -0.1) is 6.58 Å². The second-order valence-corrected chi connectivity index (χ2v) is 3.84. The van der Waals surface area contributed by atoms with Gasteiger partial charge in [-0.25, -0.2) is 8.78 Å². The molecule has 0 spiro atoms. The van der Waals surface area contributed by atoms with Crippen LogP contribution in [0.15, 0.2) is 36.9 Å². The van der Waals surface area contributed by atoms with Crippen molar-refractivity contribution in [2.75, 3.05) is 11.9 Å². The molecule has 0 radical (unpaired) electrons. The van der Waals surface area contributed by atoms with Crippen LogP contribution in [-0.2, 0) is 0 Å². The summed E-state index contributed by atoms with van der Waals surface area (Å²) in [6.45, 7) is 5.28. The first kappa shape index (κ1) is 14.2. The van der Waals surface area contributed by atoms with Crippen molar-refractivity contribution in [3.63, 3.8) is 0 Å². The molecule has 0 heterocycles. The van der Waals surface area contributed by atoms with Gasteiger partial charge in [-0.2, -0.15) is 0 Å². The smallest absolute Gasteiger partial charge is 0.258 e. The molecule has 0 bridgehead atoms. The van der Waals surface area contributed by atoms with Crippen molar-refractivity contribution in [1.82, 2.24) is 5.32 Å². The summed E-state index contributed by atoms with van der Waals surface area (Å²) in [4.78, 5) is 11.5. The average Bonchev–Trinajstić information content (AvgIpc) is 2.36. The van der Waals surface area contributed by atoms with E-state index in [-0.39, 0.29) is 5.91 Å². The molecule has 2 N–H and O–H groups in total. The van der Waals surface area contributed by atoms with Gasteiger partial charge in [-0.1, -0.05) is 6.08 Å². The fourth-order valence-electron chi connectivity index (χ4n) is 1.31. The number of hydrogen-bond donors (Lipinski definition) is 2. The topological polar surface area (TPSA) is 41.1 Å². The third-order valence-electron chi connectivity index (χ3n) is 2.33. The van der Waals surface area contributed by atoms with E-state index in [1.54, 1.807) is 30.3 Å². The number of nitrogens with one attached hydrogen (secondary N) is 2. The third-order valence-corrected chi connectivity index (χ3v) is 2.33. The minimum Gasteiger partial charge on any atom is -0.377 e. The Morgan fingerprint density at radius 1 is 1.39 bits per heavy atom. The lowest BCUT2D eigenvalue weighted by Gasteiger charge is -2.14. The number of carbonyl (C=O) groups is 1. The molecule has 1 amide bonds. The average molecular weight is 254 g/mol. The Hall–Kier alpha value is -1.91. The molecule has 0 saturated carbocycles. The summed E-state index contributed by atoms with van der Waals surface area (Å²) in [5, 5.41) is 5.28. The fraction of sp³-hybridized carbons (Fsp3) is 0.308. The van der Waals surface area contributed by atoms with Crippen LogP contribution in [0.3, 0.4) is 0 Å². The van der Waals surface area contributed by atoms with Gasteiger partial charge in [0.05, 0.1) is 6.04 Å². The van der Waals surface area contributed by atoms with Crippen molar-refractivity contribution in [3.8, 4) is 0 Å². The van der Waals surface area contributed by atoms with Crippen LogP contribution in [0, 0.1) is 0 Å². The van der Waals surface area contributed by atoms with Gasteiger partial charge in [0.25, 0.3) is 12.3 Å². The van der Waals surface area contributed by atoms with Gasteiger partial charge in [-0.05, 0) is 31.2 Å². The molecule has 0 aliphatic rings. The number of carbonyl (C=O) groups excluding carboxylic acids is 1. The zero-order chi connectivity index (χ0) is 13.5. The predicted octanol–water partition coefficient (Wildman–Crippen LogP) is 2.67. The number of benzene rings is 1. The molecule has 1 aromatic rings. The first-order valence-corrected chi connectivity index (χ1v) is 5.58. The van der Waals surface area contributed by atoms with Crippen LogP contribution in [0.5, 0.6) is 0 Å². The summed E-state index contributed by atoms with van der Waals surface area (Å²) < 4.78 is 24.6. The Morgan fingerprint density at radius 2 is 2.00 bits per heavy atom. The molecule has 0 aliphatic carbocycles. The van der Waals surface area contributed by atoms with Gasteiger partial charge >= 0.3 is 0 Å². The molecule has 1 atom stereocenters. The van der Waals surface area contributed by atoms with Crippen LogP contribution in [0.1, 0.15) is 17.3 Å². The van der Waals surface area contributed by atoms with Crippen LogP contribution in [-0.4, -0.2) is 24.9 Å². The second kappa shape index (κ2) is 6.74. The quantitative estimate of drug-likeness (QED) is 0.766. The predicted molar refractivity (Wildman–Crippen MR) is 68.1 cm³/mol. The highest BCUT2D eigenvalue weighted by Crippen LogP contribution is 2.13. The van der Waals surface area contributed by atoms with E-state index in [1.165, 1.54) is 6.92 Å². The molecule has 1 aromatic carbocycles. The van der Waals surface area contributed by atoms with Crippen molar-refractivity contribution in [2.45, 2.75) is 19.4 Å². The van der Waals surface area contributed by atoms with Crippen molar-refractivity contribution >= 4 is 11.6 Å². The van der Waals surface area contributed by atoms with E-state index in [4.69, 9.17) is 0 Å². The summed E-state index contributed by atoms with van der Waals surface area (Å²) >= 11 is 0. The number of halogens is 2. The zero-order valence-electron chi connectivity index (χ0n) is 10.1. The second-order valence-electron chi connectivity index (χ2n) is 3.84. The van der Waals surface area contributed by atoms with Gasteiger partial charge in [0, 0.05) is 17.8 Å².